The summed E-state index contributed by atoms with van der Waals surface area (Å²) in [5, 5.41) is 12.8. The molecule has 5 heteroatoms. The smallest absolute Gasteiger partial charge is 0.131 e. The first-order valence-electron chi connectivity index (χ1n) is 6.24. The van der Waals surface area contributed by atoms with E-state index in [1.165, 1.54) is 6.07 Å². The lowest BCUT2D eigenvalue weighted by Gasteiger charge is -2.15. The van der Waals surface area contributed by atoms with Crippen molar-refractivity contribution in [3.05, 3.63) is 35.1 Å². The fourth-order valence-corrected chi connectivity index (χ4v) is 2.04. The molecule has 0 bridgehead atoms. The van der Waals surface area contributed by atoms with E-state index in [0.717, 1.165) is 10.9 Å². The lowest BCUT2D eigenvalue weighted by Crippen LogP contribution is -2.14. The van der Waals surface area contributed by atoms with Crippen LogP contribution in [-0.2, 0) is 0 Å². The van der Waals surface area contributed by atoms with Crippen molar-refractivity contribution in [3.8, 4) is 0 Å². The fraction of sp³-hybridized carbons (Fsp3) is 0.357. The Morgan fingerprint density at radius 3 is 2.84 bits per heavy atom. The van der Waals surface area contributed by atoms with E-state index >= 15 is 0 Å². The van der Waals surface area contributed by atoms with Crippen molar-refractivity contribution in [3.63, 3.8) is 0 Å². The van der Waals surface area contributed by atoms with Gasteiger partial charge in [0.1, 0.15) is 11.6 Å². The zero-order valence-electron chi connectivity index (χ0n) is 11.1. The summed E-state index contributed by atoms with van der Waals surface area (Å²) in [4.78, 5) is 4.45. The minimum absolute atomic E-state index is 0.000241. The standard InChI is InChI=1S/C14H18FN3O/c1-8-12(15)4-3-10-7-11(9(2)16)14(17-5-6-19)18-13(8)10/h3-4,7,9,19H,5-6,16H2,1-2H3,(H,17,18)/t9-/m0/s1. The maximum Gasteiger partial charge on any atom is 0.131 e. The number of halogens is 1. The van der Waals surface area contributed by atoms with Gasteiger partial charge >= 0.3 is 0 Å². The highest BCUT2D eigenvalue weighted by atomic mass is 19.1. The second-order valence-corrected chi connectivity index (χ2v) is 4.61. The van der Waals surface area contributed by atoms with Crippen LogP contribution in [0, 0.1) is 12.7 Å². The summed E-state index contributed by atoms with van der Waals surface area (Å²) in [6.45, 7) is 3.95. The van der Waals surface area contributed by atoms with Crippen molar-refractivity contribution in [1.82, 2.24) is 4.98 Å². The van der Waals surface area contributed by atoms with Crippen molar-refractivity contribution in [1.29, 1.82) is 0 Å². The summed E-state index contributed by atoms with van der Waals surface area (Å²) in [5.41, 5.74) is 7.91. The normalized spacial score (nSPS) is 12.7. The molecule has 19 heavy (non-hydrogen) atoms. The van der Waals surface area contributed by atoms with Crippen molar-refractivity contribution >= 4 is 16.7 Å². The van der Waals surface area contributed by atoms with Crippen LogP contribution >= 0.6 is 0 Å². The molecule has 4 N–H and O–H groups in total. The van der Waals surface area contributed by atoms with E-state index in [2.05, 4.69) is 10.3 Å². The van der Waals surface area contributed by atoms with Crippen LogP contribution in [0.15, 0.2) is 18.2 Å². The molecule has 0 amide bonds. The van der Waals surface area contributed by atoms with Gasteiger partial charge in [0.2, 0.25) is 0 Å². The number of nitrogens with one attached hydrogen (secondary N) is 1. The summed E-state index contributed by atoms with van der Waals surface area (Å²) in [5.74, 6) is 0.326. The number of fused-ring (bicyclic) bond motifs is 1. The molecule has 1 aromatic heterocycles. The fourth-order valence-electron chi connectivity index (χ4n) is 2.04. The first-order chi connectivity index (χ1) is 9.04. The average molecular weight is 263 g/mol. The number of benzene rings is 1. The molecule has 2 aromatic rings. The first-order valence-corrected chi connectivity index (χ1v) is 6.24. The number of hydrogen-bond acceptors (Lipinski definition) is 4. The highest BCUT2D eigenvalue weighted by molar-refractivity contribution is 5.84. The third-order valence-electron chi connectivity index (χ3n) is 3.10. The van der Waals surface area contributed by atoms with Crippen molar-refractivity contribution in [2.75, 3.05) is 18.5 Å². The van der Waals surface area contributed by atoms with Gasteiger partial charge in [-0.05, 0) is 32.0 Å². The van der Waals surface area contributed by atoms with E-state index in [0.29, 0.717) is 23.4 Å². The summed E-state index contributed by atoms with van der Waals surface area (Å²) < 4.78 is 13.6. The monoisotopic (exact) mass is 263 g/mol. The maximum atomic E-state index is 13.6. The molecular weight excluding hydrogens is 245 g/mol. The molecule has 2 rings (SSSR count). The average Bonchev–Trinajstić information content (AvgIpc) is 2.40. The van der Waals surface area contributed by atoms with Crippen LogP contribution in [0.2, 0.25) is 0 Å². The zero-order chi connectivity index (χ0) is 14.0. The van der Waals surface area contributed by atoms with Gasteiger partial charge in [0.25, 0.3) is 0 Å². The Bertz CT molecular complexity index is 599. The molecular formula is C14H18FN3O. The third-order valence-corrected chi connectivity index (χ3v) is 3.10. The molecule has 1 heterocycles. The number of nitrogens with zero attached hydrogens (tertiary/aromatic N) is 1. The molecule has 0 fully saturated rings. The quantitative estimate of drug-likeness (QED) is 0.790. The molecule has 0 unspecified atom stereocenters. The largest absolute Gasteiger partial charge is 0.395 e. The molecule has 1 aromatic carbocycles. The van der Waals surface area contributed by atoms with Gasteiger partial charge < -0.3 is 16.2 Å². The Morgan fingerprint density at radius 1 is 1.47 bits per heavy atom. The van der Waals surface area contributed by atoms with Crippen molar-refractivity contribution in [2.45, 2.75) is 19.9 Å². The summed E-state index contributed by atoms with van der Waals surface area (Å²) >= 11 is 0. The number of aliphatic hydroxyl groups is 1. The Kier molecular flexibility index (Phi) is 3.97. The second-order valence-electron chi connectivity index (χ2n) is 4.61. The minimum atomic E-state index is -0.276. The minimum Gasteiger partial charge on any atom is -0.395 e. The van der Waals surface area contributed by atoms with E-state index in [1.807, 2.05) is 13.0 Å². The molecule has 0 aliphatic rings. The van der Waals surface area contributed by atoms with Crippen LogP contribution in [-0.4, -0.2) is 23.2 Å². The Balaban J connectivity index is 2.62. The molecule has 0 spiro atoms. The summed E-state index contributed by atoms with van der Waals surface area (Å²) in [7, 11) is 0. The van der Waals surface area contributed by atoms with Crippen molar-refractivity contribution in [2.24, 2.45) is 5.73 Å². The van der Waals surface area contributed by atoms with Gasteiger partial charge in [0.05, 0.1) is 12.1 Å². The van der Waals surface area contributed by atoms with Gasteiger partial charge in [-0.25, -0.2) is 9.37 Å². The number of anilines is 1. The summed E-state index contributed by atoms with van der Waals surface area (Å²) in [6, 6.07) is 4.86. The molecule has 102 valence electrons. The van der Waals surface area contributed by atoms with Crippen LogP contribution in [0.25, 0.3) is 10.9 Å². The van der Waals surface area contributed by atoms with E-state index in [1.54, 1.807) is 13.0 Å². The number of hydrogen-bond donors (Lipinski definition) is 3. The van der Waals surface area contributed by atoms with E-state index in [4.69, 9.17) is 10.8 Å². The molecule has 0 saturated heterocycles. The van der Waals surface area contributed by atoms with Gasteiger partial charge in [0, 0.05) is 29.1 Å². The molecule has 1 atom stereocenters. The van der Waals surface area contributed by atoms with Gasteiger partial charge in [0.15, 0.2) is 0 Å². The Labute approximate surface area is 111 Å². The first kappa shape index (κ1) is 13.7. The number of nitrogens with two attached hydrogens (primary N) is 1. The second kappa shape index (κ2) is 5.50. The van der Waals surface area contributed by atoms with E-state index in [9.17, 15) is 4.39 Å². The lowest BCUT2D eigenvalue weighted by atomic mass is 10.0. The van der Waals surface area contributed by atoms with E-state index in [-0.39, 0.29) is 18.5 Å². The van der Waals surface area contributed by atoms with Crippen LogP contribution in [0.1, 0.15) is 24.1 Å². The molecule has 0 aliphatic heterocycles. The van der Waals surface area contributed by atoms with Crippen LogP contribution in [0.4, 0.5) is 10.2 Å². The van der Waals surface area contributed by atoms with Gasteiger partial charge in [-0.2, -0.15) is 0 Å². The molecule has 0 aliphatic carbocycles. The maximum absolute atomic E-state index is 13.6. The number of aryl methyl sites for hydroxylation is 1. The lowest BCUT2D eigenvalue weighted by molar-refractivity contribution is 0.311. The Hall–Kier alpha value is -1.72. The summed E-state index contributed by atoms with van der Waals surface area (Å²) in [6.07, 6.45) is 0. The Morgan fingerprint density at radius 2 is 2.21 bits per heavy atom. The number of aliphatic hydroxyl groups excluding tert-OH is 1. The van der Waals surface area contributed by atoms with Gasteiger partial charge in [-0.15, -0.1) is 0 Å². The zero-order valence-corrected chi connectivity index (χ0v) is 11.1. The predicted octanol–water partition coefficient (Wildman–Crippen LogP) is 2.11. The highest BCUT2D eigenvalue weighted by Gasteiger charge is 2.12. The molecule has 4 nitrogen and oxygen atoms in total. The molecule has 0 radical (unpaired) electrons. The van der Waals surface area contributed by atoms with E-state index < -0.39 is 0 Å². The van der Waals surface area contributed by atoms with Gasteiger partial charge in [-0.3, -0.25) is 0 Å². The van der Waals surface area contributed by atoms with Crippen LogP contribution in [0.5, 0.6) is 0 Å². The number of pyridine rings is 1. The predicted molar refractivity (Wildman–Crippen MR) is 74.6 cm³/mol. The third kappa shape index (κ3) is 2.67. The SMILES string of the molecule is Cc1c(F)ccc2cc([C@H](C)N)c(NCCO)nc12. The number of aromatic nitrogens is 1. The van der Waals surface area contributed by atoms with Crippen LogP contribution < -0.4 is 11.1 Å². The topological polar surface area (TPSA) is 71.2 Å². The molecule has 0 saturated carbocycles. The van der Waals surface area contributed by atoms with Crippen LogP contribution in [0.3, 0.4) is 0 Å². The van der Waals surface area contributed by atoms with Gasteiger partial charge in [-0.1, -0.05) is 0 Å². The highest BCUT2D eigenvalue weighted by Crippen LogP contribution is 2.27. The number of rotatable bonds is 4. The van der Waals surface area contributed by atoms with Crippen molar-refractivity contribution < 1.29 is 9.50 Å².